The SMILES string of the molecule is O=C(NCCc1ccc(F)cc1)[C@H]1Cc2ccccc2CN1Cc1nc(C2CC2)no1. The number of fused-ring (bicyclic) bond motifs is 1. The molecule has 0 bridgehead atoms. The number of benzene rings is 2. The number of nitrogens with one attached hydrogen (secondary N) is 1. The zero-order chi connectivity index (χ0) is 21.2. The first-order chi connectivity index (χ1) is 15.2. The van der Waals surface area contributed by atoms with Crippen molar-refractivity contribution in [3.63, 3.8) is 0 Å². The van der Waals surface area contributed by atoms with Crippen LogP contribution in [-0.4, -0.2) is 33.5 Å². The fourth-order valence-electron chi connectivity index (χ4n) is 4.11. The Hall–Kier alpha value is -3.06. The molecule has 2 aliphatic rings. The predicted octanol–water partition coefficient (Wildman–Crippen LogP) is 3.37. The summed E-state index contributed by atoms with van der Waals surface area (Å²) < 4.78 is 18.5. The lowest BCUT2D eigenvalue weighted by Crippen LogP contribution is -2.50. The van der Waals surface area contributed by atoms with Crippen molar-refractivity contribution in [3.8, 4) is 0 Å². The Balaban J connectivity index is 1.27. The highest BCUT2D eigenvalue weighted by Gasteiger charge is 2.33. The maximum Gasteiger partial charge on any atom is 0.240 e. The molecule has 2 heterocycles. The third-order valence-electron chi connectivity index (χ3n) is 6.04. The minimum absolute atomic E-state index is 0.0152. The summed E-state index contributed by atoms with van der Waals surface area (Å²) in [7, 11) is 0. The Labute approximate surface area is 180 Å². The van der Waals surface area contributed by atoms with Gasteiger partial charge in [-0.1, -0.05) is 41.6 Å². The Bertz CT molecular complexity index is 1060. The van der Waals surface area contributed by atoms with E-state index in [1.165, 1.54) is 23.3 Å². The maximum absolute atomic E-state index is 13.1. The predicted molar refractivity (Wildman–Crippen MR) is 113 cm³/mol. The second kappa shape index (κ2) is 8.59. The summed E-state index contributed by atoms with van der Waals surface area (Å²) in [6, 6.07) is 14.3. The normalized spacial score (nSPS) is 18.5. The quantitative estimate of drug-likeness (QED) is 0.635. The molecule has 1 aromatic heterocycles. The molecule has 1 N–H and O–H groups in total. The first-order valence-electron chi connectivity index (χ1n) is 10.8. The van der Waals surface area contributed by atoms with E-state index in [2.05, 4.69) is 32.5 Å². The summed E-state index contributed by atoms with van der Waals surface area (Å²) in [6.07, 6.45) is 3.54. The molecule has 1 aliphatic carbocycles. The number of halogens is 1. The number of hydrogen-bond donors (Lipinski definition) is 1. The Morgan fingerprint density at radius 1 is 1.13 bits per heavy atom. The van der Waals surface area contributed by atoms with E-state index in [4.69, 9.17) is 4.52 Å². The van der Waals surface area contributed by atoms with Gasteiger partial charge in [0.25, 0.3) is 0 Å². The monoisotopic (exact) mass is 420 g/mol. The molecule has 3 aromatic rings. The summed E-state index contributed by atoms with van der Waals surface area (Å²) in [5.74, 6) is 1.51. The van der Waals surface area contributed by atoms with Crippen LogP contribution in [0, 0.1) is 5.82 Å². The molecular formula is C24H25FN4O2. The number of carbonyl (C=O) groups excluding carboxylic acids is 1. The van der Waals surface area contributed by atoms with Crippen LogP contribution in [0.1, 0.15) is 47.2 Å². The molecule has 1 amide bonds. The van der Waals surface area contributed by atoms with Crippen LogP contribution >= 0.6 is 0 Å². The molecule has 0 unspecified atom stereocenters. The van der Waals surface area contributed by atoms with Crippen molar-refractivity contribution in [1.82, 2.24) is 20.4 Å². The lowest BCUT2D eigenvalue weighted by atomic mass is 9.93. The first-order valence-corrected chi connectivity index (χ1v) is 10.8. The zero-order valence-corrected chi connectivity index (χ0v) is 17.3. The summed E-state index contributed by atoms with van der Waals surface area (Å²) in [4.78, 5) is 19.8. The largest absolute Gasteiger partial charge is 0.354 e. The first kappa shape index (κ1) is 19.9. The van der Waals surface area contributed by atoms with E-state index < -0.39 is 0 Å². The van der Waals surface area contributed by atoms with Crippen molar-refractivity contribution in [2.45, 2.75) is 50.7 Å². The van der Waals surface area contributed by atoms with Gasteiger partial charge in [-0.2, -0.15) is 4.98 Å². The molecule has 7 heteroatoms. The van der Waals surface area contributed by atoms with E-state index >= 15 is 0 Å². The van der Waals surface area contributed by atoms with Gasteiger partial charge in [0.15, 0.2) is 5.82 Å². The molecule has 31 heavy (non-hydrogen) atoms. The van der Waals surface area contributed by atoms with Gasteiger partial charge in [-0.25, -0.2) is 4.39 Å². The molecule has 6 nitrogen and oxygen atoms in total. The number of aromatic nitrogens is 2. The molecule has 1 fully saturated rings. The molecule has 160 valence electrons. The lowest BCUT2D eigenvalue weighted by molar-refractivity contribution is -0.127. The average molecular weight is 420 g/mol. The smallest absolute Gasteiger partial charge is 0.240 e. The van der Waals surface area contributed by atoms with Gasteiger partial charge in [-0.15, -0.1) is 0 Å². The van der Waals surface area contributed by atoms with Crippen LogP contribution in [0.2, 0.25) is 0 Å². The summed E-state index contributed by atoms with van der Waals surface area (Å²) in [5, 5.41) is 7.16. The molecular weight excluding hydrogens is 395 g/mol. The van der Waals surface area contributed by atoms with Crippen molar-refractivity contribution in [3.05, 3.63) is 82.8 Å². The number of rotatable bonds is 7. The van der Waals surface area contributed by atoms with Crippen LogP contribution in [0.5, 0.6) is 0 Å². The van der Waals surface area contributed by atoms with Crippen molar-refractivity contribution in [2.75, 3.05) is 6.54 Å². The lowest BCUT2D eigenvalue weighted by Gasteiger charge is -2.35. The maximum atomic E-state index is 13.1. The Morgan fingerprint density at radius 3 is 2.68 bits per heavy atom. The fourth-order valence-corrected chi connectivity index (χ4v) is 4.11. The average Bonchev–Trinajstić information content (AvgIpc) is 3.53. The fraction of sp³-hybridized carbons (Fsp3) is 0.375. The third-order valence-corrected chi connectivity index (χ3v) is 6.04. The summed E-state index contributed by atoms with van der Waals surface area (Å²) in [6.45, 7) is 1.61. The minimum Gasteiger partial charge on any atom is -0.354 e. The Morgan fingerprint density at radius 2 is 1.90 bits per heavy atom. The molecule has 2 aromatic carbocycles. The number of hydrogen-bond acceptors (Lipinski definition) is 5. The highest BCUT2D eigenvalue weighted by atomic mass is 19.1. The van der Waals surface area contributed by atoms with Gasteiger partial charge in [-0.05, 0) is 54.5 Å². The molecule has 0 radical (unpaired) electrons. The molecule has 1 aliphatic heterocycles. The molecule has 0 saturated heterocycles. The van der Waals surface area contributed by atoms with Crippen molar-refractivity contribution in [1.29, 1.82) is 0 Å². The van der Waals surface area contributed by atoms with Crippen LogP contribution in [0.15, 0.2) is 53.1 Å². The second-order valence-corrected chi connectivity index (χ2v) is 8.38. The van der Waals surface area contributed by atoms with E-state index in [1.807, 2.05) is 12.1 Å². The number of nitrogens with zero attached hydrogens (tertiary/aromatic N) is 3. The van der Waals surface area contributed by atoms with E-state index in [9.17, 15) is 9.18 Å². The number of amides is 1. The minimum atomic E-state index is -0.306. The van der Waals surface area contributed by atoms with Crippen LogP contribution in [0.3, 0.4) is 0 Å². The highest BCUT2D eigenvalue weighted by Crippen LogP contribution is 2.38. The zero-order valence-electron chi connectivity index (χ0n) is 17.3. The van der Waals surface area contributed by atoms with Crippen LogP contribution in [-0.2, 0) is 30.7 Å². The van der Waals surface area contributed by atoms with Gasteiger partial charge in [0.2, 0.25) is 11.8 Å². The van der Waals surface area contributed by atoms with Gasteiger partial charge < -0.3 is 9.84 Å². The van der Waals surface area contributed by atoms with Gasteiger partial charge in [0.05, 0.1) is 12.6 Å². The van der Waals surface area contributed by atoms with E-state index in [1.54, 1.807) is 12.1 Å². The Kier molecular flexibility index (Phi) is 5.51. The number of carbonyl (C=O) groups is 1. The van der Waals surface area contributed by atoms with Gasteiger partial charge in [0, 0.05) is 19.0 Å². The van der Waals surface area contributed by atoms with E-state index in [-0.39, 0.29) is 17.8 Å². The van der Waals surface area contributed by atoms with Crippen molar-refractivity contribution in [2.24, 2.45) is 0 Å². The third kappa shape index (κ3) is 4.66. The van der Waals surface area contributed by atoms with Gasteiger partial charge in [-0.3, -0.25) is 9.69 Å². The molecule has 0 spiro atoms. The van der Waals surface area contributed by atoms with E-state index in [0.29, 0.717) is 44.3 Å². The standard InChI is InChI=1S/C24H25FN4O2/c25-20-9-5-16(6-10-20)11-12-26-24(30)21-13-18-3-1-2-4-19(18)14-29(21)15-22-27-23(28-31-22)17-7-8-17/h1-6,9-10,17,21H,7-8,11-15H2,(H,26,30)/t21-/m1/s1. The molecule has 1 atom stereocenters. The van der Waals surface area contributed by atoms with Crippen LogP contribution < -0.4 is 5.32 Å². The summed E-state index contributed by atoms with van der Waals surface area (Å²) in [5.41, 5.74) is 3.41. The second-order valence-electron chi connectivity index (χ2n) is 8.38. The molecule has 5 rings (SSSR count). The molecule has 1 saturated carbocycles. The summed E-state index contributed by atoms with van der Waals surface area (Å²) >= 11 is 0. The van der Waals surface area contributed by atoms with Crippen molar-refractivity contribution >= 4 is 5.91 Å². The van der Waals surface area contributed by atoms with Gasteiger partial charge in [0.1, 0.15) is 5.82 Å². The highest BCUT2D eigenvalue weighted by molar-refractivity contribution is 5.82. The van der Waals surface area contributed by atoms with Crippen LogP contribution in [0.25, 0.3) is 0 Å². The topological polar surface area (TPSA) is 71.3 Å². The van der Waals surface area contributed by atoms with Gasteiger partial charge >= 0.3 is 0 Å². The van der Waals surface area contributed by atoms with E-state index in [0.717, 1.165) is 24.2 Å². The van der Waals surface area contributed by atoms with Crippen molar-refractivity contribution < 1.29 is 13.7 Å². The van der Waals surface area contributed by atoms with Crippen LogP contribution in [0.4, 0.5) is 4.39 Å².